The van der Waals surface area contributed by atoms with Crippen molar-refractivity contribution >= 4 is 28.2 Å². The smallest absolute Gasteiger partial charge is 0.385 e. The first kappa shape index (κ1) is 19.0. The number of hydrogen-bond acceptors (Lipinski definition) is 6. The molecule has 3 fully saturated rings. The van der Waals surface area contributed by atoms with Crippen LogP contribution in [0.25, 0.3) is 0 Å². The van der Waals surface area contributed by atoms with Gasteiger partial charge in [0.2, 0.25) is 5.91 Å². The van der Waals surface area contributed by atoms with E-state index in [1.54, 1.807) is 0 Å². The van der Waals surface area contributed by atoms with E-state index in [-0.39, 0.29) is 24.2 Å². The molecule has 0 saturated carbocycles. The Morgan fingerprint density at radius 2 is 2.15 bits per heavy atom. The maximum atomic E-state index is 12.3. The van der Waals surface area contributed by atoms with Gasteiger partial charge in [-0.3, -0.25) is 9.35 Å². The van der Waals surface area contributed by atoms with Crippen molar-refractivity contribution in [3.8, 4) is 0 Å². The lowest BCUT2D eigenvalue weighted by Crippen LogP contribution is -2.48. The number of nitrogens with zero attached hydrogens (tertiary/aromatic N) is 3. The van der Waals surface area contributed by atoms with Gasteiger partial charge in [-0.05, 0) is 44.7 Å². The molecule has 3 amide bonds. The quantitative estimate of drug-likeness (QED) is 0.316. The summed E-state index contributed by atoms with van der Waals surface area (Å²) in [5.74, 6) is -0.0501. The Kier molecular flexibility index (Phi) is 5.46. The fraction of sp³-hybridized carbons (Fsp3) is 0.786. The van der Waals surface area contributed by atoms with Crippen molar-refractivity contribution in [3.63, 3.8) is 0 Å². The molecule has 3 heterocycles. The number of amidine groups is 1. The lowest BCUT2D eigenvalue weighted by atomic mass is 9.96. The van der Waals surface area contributed by atoms with Crippen molar-refractivity contribution in [2.24, 2.45) is 16.6 Å². The van der Waals surface area contributed by atoms with Gasteiger partial charge >= 0.3 is 16.4 Å². The largest absolute Gasteiger partial charge is 0.418 e. The number of nitrogens with one attached hydrogen (secondary N) is 1. The van der Waals surface area contributed by atoms with E-state index in [0.717, 1.165) is 25.9 Å². The highest BCUT2D eigenvalue weighted by molar-refractivity contribution is 7.80. The summed E-state index contributed by atoms with van der Waals surface area (Å²) >= 11 is 0. The molecule has 11 nitrogen and oxygen atoms in total. The molecule has 0 spiro atoms. The number of aliphatic imine (C=N–C) groups is 1. The van der Waals surface area contributed by atoms with Crippen LogP contribution in [0.2, 0.25) is 0 Å². The SMILES string of the molecule is NC(=NC(=O)CC1CCCNC1)[C@@H]1CC[C@@H]2CN1C(=O)N2OS(=O)(=O)O. The van der Waals surface area contributed by atoms with Crippen LogP contribution in [0.5, 0.6) is 0 Å². The molecular formula is C14H23N5O6S. The molecule has 1 unspecified atom stereocenters. The van der Waals surface area contributed by atoms with Crippen molar-refractivity contribution in [2.75, 3.05) is 19.6 Å². The number of fused-ring (bicyclic) bond motifs is 2. The first-order chi connectivity index (χ1) is 12.2. The van der Waals surface area contributed by atoms with Crippen LogP contribution in [0, 0.1) is 5.92 Å². The molecule has 3 atom stereocenters. The first-order valence-corrected chi connectivity index (χ1v) is 9.95. The number of hydrogen-bond donors (Lipinski definition) is 3. The maximum Gasteiger partial charge on any atom is 0.418 e. The summed E-state index contributed by atoms with van der Waals surface area (Å²) in [7, 11) is -4.80. The standard InChI is InChI=1S/C14H23N5O6S/c15-13(17-12(20)6-9-2-1-5-16-7-9)11-4-3-10-8-18(11)14(21)19(10)25-26(22,23)24/h9-11,16H,1-8H2,(H2,15,17,20)(H,22,23,24)/t9?,10-,11+/m1/s1. The zero-order valence-corrected chi connectivity index (χ0v) is 15.0. The molecule has 0 radical (unpaired) electrons. The van der Waals surface area contributed by atoms with Gasteiger partial charge in [0.15, 0.2) is 0 Å². The van der Waals surface area contributed by atoms with Crippen molar-refractivity contribution in [3.05, 3.63) is 0 Å². The number of piperidine rings is 2. The molecule has 146 valence electrons. The summed E-state index contributed by atoms with van der Waals surface area (Å²) in [4.78, 5) is 29.8. The van der Waals surface area contributed by atoms with Crippen molar-refractivity contribution in [1.82, 2.24) is 15.3 Å². The van der Waals surface area contributed by atoms with E-state index in [9.17, 15) is 18.0 Å². The van der Waals surface area contributed by atoms with Crippen LogP contribution in [-0.2, 0) is 19.5 Å². The monoisotopic (exact) mass is 389 g/mol. The second-order valence-electron chi connectivity index (χ2n) is 6.86. The average Bonchev–Trinajstić information content (AvgIpc) is 2.79. The number of carbonyl (C=O) groups excluding carboxylic acids is 2. The van der Waals surface area contributed by atoms with Crippen LogP contribution < -0.4 is 11.1 Å². The van der Waals surface area contributed by atoms with Crippen LogP contribution >= 0.6 is 0 Å². The third-order valence-electron chi connectivity index (χ3n) is 4.95. The summed E-state index contributed by atoms with van der Waals surface area (Å²) in [6, 6.07) is -1.82. The minimum Gasteiger partial charge on any atom is -0.385 e. The van der Waals surface area contributed by atoms with Gasteiger partial charge in [-0.15, -0.1) is 4.28 Å². The number of amides is 3. The normalized spacial score (nSPS) is 30.0. The molecule has 3 saturated heterocycles. The van der Waals surface area contributed by atoms with Crippen molar-refractivity contribution < 1.29 is 26.8 Å². The topological polar surface area (TPSA) is 155 Å². The fourth-order valence-electron chi connectivity index (χ4n) is 3.75. The first-order valence-electron chi connectivity index (χ1n) is 8.59. The highest BCUT2D eigenvalue weighted by Gasteiger charge is 2.48. The molecular weight excluding hydrogens is 366 g/mol. The second-order valence-corrected chi connectivity index (χ2v) is 7.86. The highest BCUT2D eigenvalue weighted by Crippen LogP contribution is 2.30. The van der Waals surface area contributed by atoms with Gasteiger partial charge < -0.3 is 16.0 Å². The molecule has 12 heteroatoms. The Labute approximate surface area is 151 Å². The van der Waals surface area contributed by atoms with E-state index in [1.165, 1.54) is 4.90 Å². The van der Waals surface area contributed by atoms with Gasteiger partial charge in [-0.2, -0.15) is 18.5 Å². The summed E-state index contributed by atoms with van der Waals surface area (Å²) in [5.41, 5.74) is 5.97. The minimum absolute atomic E-state index is 0.0410. The van der Waals surface area contributed by atoms with Gasteiger partial charge in [-0.1, -0.05) is 0 Å². The fourth-order valence-corrected chi connectivity index (χ4v) is 4.14. The number of nitrogens with two attached hydrogens (primary N) is 1. The lowest BCUT2D eigenvalue weighted by Gasteiger charge is -2.29. The summed E-state index contributed by atoms with van der Waals surface area (Å²) in [6.07, 6.45) is 3.13. The predicted octanol–water partition coefficient (Wildman–Crippen LogP) is -0.737. The van der Waals surface area contributed by atoms with Gasteiger partial charge in [0.25, 0.3) is 0 Å². The van der Waals surface area contributed by atoms with E-state index in [2.05, 4.69) is 14.6 Å². The van der Waals surface area contributed by atoms with Crippen LogP contribution in [0.15, 0.2) is 4.99 Å². The molecule has 3 rings (SSSR count). The minimum atomic E-state index is -4.80. The summed E-state index contributed by atoms with van der Waals surface area (Å²) < 4.78 is 34.9. The van der Waals surface area contributed by atoms with Crippen LogP contribution in [0.4, 0.5) is 4.79 Å². The van der Waals surface area contributed by atoms with Crippen LogP contribution in [0.3, 0.4) is 0 Å². The van der Waals surface area contributed by atoms with Gasteiger partial charge in [0.05, 0.1) is 12.1 Å². The van der Waals surface area contributed by atoms with Gasteiger partial charge in [-0.25, -0.2) is 4.79 Å². The Morgan fingerprint density at radius 3 is 2.81 bits per heavy atom. The molecule has 0 aliphatic carbocycles. The van der Waals surface area contributed by atoms with E-state index in [4.69, 9.17) is 10.3 Å². The van der Waals surface area contributed by atoms with Crippen molar-refractivity contribution in [1.29, 1.82) is 0 Å². The Bertz CT molecular complexity index is 705. The van der Waals surface area contributed by atoms with Crippen molar-refractivity contribution in [2.45, 2.75) is 44.2 Å². The predicted molar refractivity (Wildman–Crippen MR) is 90.2 cm³/mol. The highest BCUT2D eigenvalue weighted by atomic mass is 32.3. The third kappa shape index (κ3) is 4.31. The van der Waals surface area contributed by atoms with E-state index < -0.39 is 28.5 Å². The molecule has 26 heavy (non-hydrogen) atoms. The Balaban J connectivity index is 1.64. The Hall–Kier alpha value is -1.76. The molecule has 2 bridgehead atoms. The van der Waals surface area contributed by atoms with Gasteiger partial charge in [0, 0.05) is 13.0 Å². The van der Waals surface area contributed by atoms with E-state index in [0.29, 0.717) is 24.3 Å². The summed E-state index contributed by atoms with van der Waals surface area (Å²) in [5, 5.41) is 3.87. The molecule has 3 aliphatic rings. The molecule has 0 aromatic rings. The number of hydroxylamine groups is 2. The number of urea groups is 1. The van der Waals surface area contributed by atoms with Crippen LogP contribution in [0.1, 0.15) is 32.1 Å². The number of rotatable bonds is 5. The van der Waals surface area contributed by atoms with E-state index in [1.807, 2.05) is 0 Å². The van der Waals surface area contributed by atoms with Gasteiger partial charge in [0.1, 0.15) is 5.84 Å². The lowest BCUT2D eigenvalue weighted by molar-refractivity contribution is -0.118. The Morgan fingerprint density at radius 1 is 1.38 bits per heavy atom. The molecule has 0 aromatic carbocycles. The molecule has 0 aromatic heterocycles. The average molecular weight is 389 g/mol. The number of carbonyl (C=O) groups is 2. The van der Waals surface area contributed by atoms with Crippen LogP contribution in [-0.4, -0.2) is 72.4 Å². The molecule has 3 aliphatic heterocycles. The molecule has 4 N–H and O–H groups in total. The zero-order valence-electron chi connectivity index (χ0n) is 14.2. The summed E-state index contributed by atoms with van der Waals surface area (Å²) in [6.45, 7) is 1.92. The zero-order chi connectivity index (χ0) is 18.9. The van der Waals surface area contributed by atoms with E-state index >= 15 is 0 Å². The third-order valence-corrected chi connectivity index (χ3v) is 5.30. The maximum absolute atomic E-state index is 12.3. The second kappa shape index (κ2) is 7.47.